The second kappa shape index (κ2) is 11.5. The lowest BCUT2D eigenvalue weighted by atomic mass is 9.68. The van der Waals surface area contributed by atoms with Gasteiger partial charge in [0.1, 0.15) is 5.75 Å². The Balaban J connectivity index is 1.44. The molecule has 2 heterocycles. The van der Waals surface area contributed by atoms with Crippen molar-refractivity contribution in [1.82, 2.24) is 9.62 Å². The Morgan fingerprint density at radius 2 is 2.00 bits per heavy atom. The number of aryl methyl sites for hydroxylation is 1. The molecule has 0 radical (unpaired) electrons. The average Bonchev–Trinajstić information content (AvgIpc) is 3.10. The van der Waals surface area contributed by atoms with E-state index in [0.717, 1.165) is 49.4 Å². The molecule has 2 aliphatic heterocycles. The highest BCUT2D eigenvalue weighted by Crippen LogP contribution is 2.47. The van der Waals surface area contributed by atoms with E-state index in [1.54, 1.807) is 26.2 Å². The van der Waals surface area contributed by atoms with E-state index in [4.69, 9.17) is 21.1 Å². The minimum Gasteiger partial charge on any atom is -0.490 e. The van der Waals surface area contributed by atoms with Gasteiger partial charge in [0.05, 0.1) is 29.3 Å². The zero-order chi connectivity index (χ0) is 29.6. The van der Waals surface area contributed by atoms with Crippen LogP contribution in [0, 0.1) is 11.8 Å². The standard InChI is InChI=1S/C32H40ClN3O5S/c1-21-31(37)34-42(38,39)25-10-13-30-28(17-25)36(18-23-8-11-26(23)29(40-3)7-5-15-35(21)2)19-32(20-41-30)14-4-6-22-16-24(33)9-12-27(22)32/h5,7,9-10,12-13,16-17,21,23,26,29H,4,6,8,11,14-15,18-20H2,1-3H3,(H,34,37)/t21-,23+,26-,29-,32+/m1/s1. The summed E-state index contributed by atoms with van der Waals surface area (Å²) in [6.45, 7) is 4.16. The number of hydrogen-bond donors (Lipinski definition) is 1. The van der Waals surface area contributed by atoms with Crippen molar-refractivity contribution in [3.8, 4) is 5.75 Å². The first-order valence-electron chi connectivity index (χ1n) is 14.9. The van der Waals surface area contributed by atoms with Crippen LogP contribution in [0.2, 0.25) is 5.02 Å². The van der Waals surface area contributed by atoms with Crippen LogP contribution in [0.25, 0.3) is 0 Å². The quantitative estimate of drug-likeness (QED) is 0.472. The van der Waals surface area contributed by atoms with Crippen LogP contribution in [-0.2, 0) is 31.4 Å². The molecular weight excluding hydrogens is 574 g/mol. The number of benzene rings is 2. The van der Waals surface area contributed by atoms with Gasteiger partial charge in [-0.25, -0.2) is 13.1 Å². The predicted octanol–water partition coefficient (Wildman–Crippen LogP) is 4.55. The summed E-state index contributed by atoms with van der Waals surface area (Å²) in [5, 5.41) is 0.738. The minimum absolute atomic E-state index is 0.0323. The molecule has 42 heavy (non-hydrogen) atoms. The molecule has 2 aromatic carbocycles. The van der Waals surface area contributed by atoms with E-state index in [1.165, 1.54) is 17.2 Å². The van der Waals surface area contributed by atoms with E-state index in [2.05, 4.69) is 27.8 Å². The van der Waals surface area contributed by atoms with Crippen LogP contribution in [0.5, 0.6) is 5.75 Å². The van der Waals surface area contributed by atoms with Gasteiger partial charge in [-0.2, -0.15) is 0 Å². The molecule has 2 aliphatic carbocycles. The fraction of sp³-hybridized carbons (Fsp3) is 0.531. The van der Waals surface area contributed by atoms with E-state index in [0.29, 0.717) is 37.3 Å². The first-order chi connectivity index (χ1) is 20.1. The number of hydrogen-bond acceptors (Lipinski definition) is 7. The van der Waals surface area contributed by atoms with Gasteiger partial charge in [-0.15, -0.1) is 0 Å². The van der Waals surface area contributed by atoms with Gasteiger partial charge in [-0.1, -0.05) is 29.8 Å². The normalized spacial score (nSPS) is 31.2. The van der Waals surface area contributed by atoms with Gasteiger partial charge in [-0.05, 0) is 99.4 Å². The lowest BCUT2D eigenvalue weighted by molar-refractivity contribution is -0.123. The Hall–Kier alpha value is -2.59. The molecule has 6 rings (SSSR count). The highest BCUT2D eigenvalue weighted by molar-refractivity contribution is 7.90. The molecule has 1 saturated carbocycles. The fourth-order valence-corrected chi connectivity index (χ4v) is 8.45. The molecule has 1 fully saturated rings. The number of rotatable bonds is 1. The van der Waals surface area contributed by atoms with Crippen LogP contribution < -0.4 is 14.4 Å². The highest BCUT2D eigenvalue weighted by Gasteiger charge is 2.44. The van der Waals surface area contributed by atoms with Gasteiger partial charge >= 0.3 is 0 Å². The van der Waals surface area contributed by atoms with E-state index in [9.17, 15) is 13.2 Å². The van der Waals surface area contributed by atoms with Crippen LogP contribution in [0.1, 0.15) is 43.7 Å². The molecule has 0 aromatic heterocycles. The van der Waals surface area contributed by atoms with Crippen LogP contribution in [0.4, 0.5) is 5.69 Å². The summed E-state index contributed by atoms with van der Waals surface area (Å²) in [6.07, 6.45) is 9.21. The Bertz CT molecular complexity index is 1500. The SMILES string of the molecule is CO[C@@H]1C=CCN(C)[C@H](C)C(=O)NS(=O)(=O)c2ccc3c(c2)N(C[C@@H]2CC[C@H]21)C[C@@]1(CCCc2cc(Cl)ccc21)CO3. The monoisotopic (exact) mass is 613 g/mol. The van der Waals surface area contributed by atoms with Crippen molar-refractivity contribution < 1.29 is 22.7 Å². The lowest BCUT2D eigenvalue weighted by Gasteiger charge is -2.46. The smallest absolute Gasteiger partial charge is 0.264 e. The van der Waals surface area contributed by atoms with Crippen molar-refractivity contribution in [2.24, 2.45) is 11.8 Å². The molecule has 5 atom stereocenters. The van der Waals surface area contributed by atoms with Crippen LogP contribution in [0.3, 0.4) is 0 Å². The van der Waals surface area contributed by atoms with Gasteiger partial charge in [0.2, 0.25) is 0 Å². The first kappa shape index (κ1) is 29.5. The molecule has 2 bridgehead atoms. The number of halogens is 1. The molecule has 10 heteroatoms. The summed E-state index contributed by atoms with van der Waals surface area (Å²) in [7, 11) is -0.533. The number of carbonyl (C=O) groups excluding carboxylic acids is 1. The zero-order valence-corrected chi connectivity index (χ0v) is 26.1. The number of carbonyl (C=O) groups is 1. The molecule has 8 nitrogen and oxygen atoms in total. The van der Waals surface area contributed by atoms with Crippen molar-refractivity contribution in [3.05, 3.63) is 64.7 Å². The van der Waals surface area contributed by atoms with E-state index >= 15 is 0 Å². The number of sulfonamides is 1. The van der Waals surface area contributed by atoms with E-state index in [1.807, 2.05) is 24.1 Å². The number of anilines is 1. The number of methoxy groups -OCH3 is 1. The number of fused-ring (bicyclic) bond motifs is 4. The maximum absolute atomic E-state index is 13.5. The van der Waals surface area contributed by atoms with Crippen molar-refractivity contribution in [2.45, 2.75) is 61.5 Å². The second-order valence-electron chi connectivity index (χ2n) is 12.4. The summed E-state index contributed by atoms with van der Waals surface area (Å²) in [5.41, 5.74) is 3.01. The zero-order valence-electron chi connectivity index (χ0n) is 24.5. The Morgan fingerprint density at radius 1 is 1.17 bits per heavy atom. The highest BCUT2D eigenvalue weighted by atomic mass is 35.5. The maximum Gasteiger partial charge on any atom is 0.264 e. The molecular formula is C32H40ClN3O5S. The predicted molar refractivity (Wildman–Crippen MR) is 164 cm³/mol. The lowest BCUT2D eigenvalue weighted by Crippen LogP contribution is -2.49. The van der Waals surface area contributed by atoms with Crippen LogP contribution in [-0.4, -0.2) is 71.8 Å². The van der Waals surface area contributed by atoms with Crippen molar-refractivity contribution in [3.63, 3.8) is 0 Å². The molecule has 4 aliphatic rings. The number of nitrogens with one attached hydrogen (secondary N) is 1. The Labute approximate surface area is 254 Å². The molecule has 226 valence electrons. The van der Waals surface area contributed by atoms with Crippen molar-refractivity contribution in [1.29, 1.82) is 0 Å². The Morgan fingerprint density at radius 3 is 2.76 bits per heavy atom. The summed E-state index contributed by atoms with van der Waals surface area (Å²) in [5.74, 6) is 0.810. The van der Waals surface area contributed by atoms with Gasteiger partial charge in [0.15, 0.2) is 0 Å². The van der Waals surface area contributed by atoms with Crippen molar-refractivity contribution in [2.75, 3.05) is 45.3 Å². The molecule has 1 amide bonds. The summed E-state index contributed by atoms with van der Waals surface area (Å²) >= 11 is 6.40. The van der Waals surface area contributed by atoms with E-state index in [-0.39, 0.29) is 16.4 Å². The van der Waals surface area contributed by atoms with Crippen molar-refractivity contribution >= 4 is 33.2 Å². The summed E-state index contributed by atoms with van der Waals surface area (Å²) in [6, 6.07) is 10.5. The number of nitrogens with zero attached hydrogens (tertiary/aromatic N) is 2. The molecule has 0 saturated heterocycles. The average molecular weight is 614 g/mol. The molecule has 1 N–H and O–H groups in total. The maximum atomic E-state index is 13.5. The minimum atomic E-state index is -4.10. The van der Waals surface area contributed by atoms with Gasteiger partial charge in [0.25, 0.3) is 15.9 Å². The number of amides is 1. The fourth-order valence-electron chi connectivity index (χ4n) is 7.19. The summed E-state index contributed by atoms with van der Waals surface area (Å²) in [4.78, 5) is 17.2. The van der Waals surface area contributed by atoms with Crippen LogP contribution >= 0.6 is 11.6 Å². The Kier molecular flexibility index (Phi) is 8.06. The largest absolute Gasteiger partial charge is 0.490 e. The van der Waals surface area contributed by atoms with Gasteiger partial charge in [-0.3, -0.25) is 9.69 Å². The third-order valence-corrected chi connectivity index (χ3v) is 11.5. The third-order valence-electron chi connectivity index (χ3n) is 9.94. The molecule has 2 aromatic rings. The molecule has 0 unspecified atom stereocenters. The second-order valence-corrected chi connectivity index (χ2v) is 14.6. The number of ether oxygens (including phenoxy) is 2. The topological polar surface area (TPSA) is 88.2 Å². The van der Waals surface area contributed by atoms with Gasteiger partial charge in [0, 0.05) is 37.2 Å². The molecule has 1 spiro atoms. The summed E-state index contributed by atoms with van der Waals surface area (Å²) < 4.78 is 41.8. The van der Waals surface area contributed by atoms with Gasteiger partial charge < -0.3 is 14.4 Å². The third kappa shape index (κ3) is 5.45. The number of likely N-dealkylation sites (N-methyl/N-ethyl adjacent to an activating group) is 1. The first-order valence-corrected chi connectivity index (χ1v) is 16.7. The van der Waals surface area contributed by atoms with Crippen LogP contribution in [0.15, 0.2) is 53.4 Å². The van der Waals surface area contributed by atoms with E-state index < -0.39 is 22.0 Å².